The number of aliphatic hydroxyl groups excluding tert-OH is 4. The summed E-state index contributed by atoms with van der Waals surface area (Å²) in [4.78, 5) is 0. The Balaban J connectivity index is 1.87. The molecule has 5 N–H and O–H groups in total. The second kappa shape index (κ2) is 12.7. The number of rotatable bonds is 10. The molecule has 2 aromatic rings. The lowest BCUT2D eigenvalue weighted by atomic mass is 9.66. The second-order valence-electron chi connectivity index (χ2n) is 9.86. The number of fused-ring (bicyclic) bond motifs is 1. The van der Waals surface area contributed by atoms with E-state index in [1.165, 1.54) is 35.5 Å². The van der Waals surface area contributed by atoms with Crippen molar-refractivity contribution in [1.29, 1.82) is 0 Å². The zero-order chi connectivity index (χ0) is 29.1. The van der Waals surface area contributed by atoms with E-state index in [4.69, 9.17) is 33.2 Å². The first-order valence-electron chi connectivity index (χ1n) is 12.9. The number of benzene rings is 2. The third kappa shape index (κ3) is 5.35. The molecule has 7 atom stereocenters. The summed E-state index contributed by atoms with van der Waals surface area (Å²) in [5.74, 6) is 0.150. The van der Waals surface area contributed by atoms with Gasteiger partial charge in [-0.3, -0.25) is 0 Å². The Morgan fingerprint density at radius 1 is 0.825 bits per heavy atom. The van der Waals surface area contributed by atoms with Gasteiger partial charge in [-0.25, -0.2) is 0 Å². The number of hydrogen-bond acceptors (Lipinski definition) is 12. The topological polar surface area (TPSA) is 166 Å². The lowest BCUT2D eigenvalue weighted by Crippen LogP contribution is -2.54. The first-order chi connectivity index (χ1) is 19.2. The van der Waals surface area contributed by atoms with Crippen LogP contribution >= 0.6 is 0 Å². The summed E-state index contributed by atoms with van der Waals surface area (Å²) in [6, 6.07) is 5.30. The van der Waals surface area contributed by atoms with Crippen molar-refractivity contribution in [3.05, 3.63) is 34.9 Å². The molecule has 2 aliphatic rings. The van der Waals surface area contributed by atoms with Gasteiger partial charge in [-0.05, 0) is 47.6 Å². The van der Waals surface area contributed by atoms with Crippen LogP contribution in [0.5, 0.6) is 34.5 Å². The van der Waals surface area contributed by atoms with Gasteiger partial charge in [-0.1, -0.05) is 0 Å². The fourth-order valence-corrected chi connectivity index (χ4v) is 5.74. The van der Waals surface area contributed by atoms with Gasteiger partial charge < -0.3 is 58.7 Å². The lowest BCUT2D eigenvalue weighted by Gasteiger charge is -2.42. The van der Waals surface area contributed by atoms with Gasteiger partial charge in [-0.2, -0.15) is 0 Å². The third-order valence-corrected chi connectivity index (χ3v) is 7.78. The zero-order valence-electron chi connectivity index (χ0n) is 23.2. The van der Waals surface area contributed by atoms with Gasteiger partial charge in [0.05, 0.1) is 48.8 Å². The van der Waals surface area contributed by atoms with E-state index in [1.54, 1.807) is 18.2 Å². The maximum Gasteiger partial charge on any atom is 0.203 e. The molecular formula is C28H38O12. The van der Waals surface area contributed by atoms with Gasteiger partial charge in [-0.15, -0.1) is 0 Å². The summed E-state index contributed by atoms with van der Waals surface area (Å²) < 4.78 is 39.3. The minimum atomic E-state index is -1.48. The number of phenolic OH excluding ortho intramolecular Hbond substituents is 1. The maximum absolute atomic E-state index is 11.0. The van der Waals surface area contributed by atoms with Crippen LogP contribution in [0, 0.1) is 11.8 Å². The molecule has 0 saturated carbocycles. The lowest BCUT2D eigenvalue weighted by molar-refractivity contribution is -0.274. The van der Waals surface area contributed by atoms with E-state index in [0.29, 0.717) is 34.8 Å². The Morgan fingerprint density at radius 3 is 2.00 bits per heavy atom. The molecule has 4 rings (SSSR count). The molecule has 0 bridgehead atoms. The Labute approximate surface area is 232 Å². The summed E-state index contributed by atoms with van der Waals surface area (Å²) in [5.41, 5.74) is 2.16. The predicted molar refractivity (Wildman–Crippen MR) is 141 cm³/mol. The van der Waals surface area contributed by atoms with Crippen molar-refractivity contribution in [1.82, 2.24) is 0 Å². The summed E-state index contributed by atoms with van der Waals surface area (Å²) in [7, 11) is 7.41. The maximum atomic E-state index is 11.0. The Hall–Kier alpha value is -3.00. The monoisotopic (exact) mass is 566 g/mol. The fourth-order valence-electron chi connectivity index (χ4n) is 5.74. The standard InChI is InChI=1S/C28H38O12/c1-34-18-7-13-6-15(10-29)16(11-39-28-25(33)23(31)17(30)12-40-28)21(22(13)27(38-5)24(18)32)14-8-19(35-2)26(37-4)20(9-14)36-3/h7-9,15-17,21,23,25,28-33H,6,10-12H2,1-5H3/t15-,16-,17-,21+,23+,25-,28-/m0/s1. The van der Waals surface area contributed by atoms with E-state index >= 15 is 0 Å². The van der Waals surface area contributed by atoms with Crippen LogP contribution in [0.4, 0.5) is 0 Å². The number of hydrogen-bond donors (Lipinski definition) is 5. The summed E-state index contributed by atoms with van der Waals surface area (Å²) in [5, 5.41) is 51.9. The molecule has 1 aliphatic carbocycles. The molecule has 1 aliphatic heterocycles. The van der Waals surface area contributed by atoms with Crippen molar-refractivity contribution < 1.29 is 58.7 Å². The van der Waals surface area contributed by atoms with Crippen LogP contribution in [0.2, 0.25) is 0 Å². The highest BCUT2D eigenvalue weighted by Crippen LogP contribution is 2.54. The quantitative estimate of drug-likeness (QED) is 0.275. The molecule has 0 spiro atoms. The highest BCUT2D eigenvalue weighted by atomic mass is 16.7. The molecule has 12 heteroatoms. The fraction of sp³-hybridized carbons (Fsp3) is 0.571. The van der Waals surface area contributed by atoms with E-state index in [9.17, 15) is 25.5 Å². The summed E-state index contributed by atoms with van der Waals surface area (Å²) in [6.45, 7) is -0.431. The van der Waals surface area contributed by atoms with Crippen LogP contribution in [-0.4, -0.2) is 106 Å². The number of ether oxygens (including phenoxy) is 7. The molecule has 0 aromatic heterocycles. The smallest absolute Gasteiger partial charge is 0.203 e. The van der Waals surface area contributed by atoms with Gasteiger partial charge in [0.15, 0.2) is 29.3 Å². The Bertz CT molecular complexity index is 1150. The van der Waals surface area contributed by atoms with Gasteiger partial charge in [0, 0.05) is 18.1 Å². The Kier molecular flexibility index (Phi) is 9.49. The first-order valence-corrected chi connectivity index (χ1v) is 12.9. The molecule has 0 amide bonds. The predicted octanol–water partition coefficient (Wildman–Crippen LogP) is 0.803. The SMILES string of the molecule is COc1cc2c(c(OC)c1O)[C@H](c1cc(OC)c(OC)c(OC)c1)[C@@H](CO[C@H]1OC[C@H](O)[C@@H](O)[C@@H]1O)[C@H](CO)C2. The molecule has 0 unspecified atom stereocenters. The van der Waals surface area contributed by atoms with Gasteiger partial charge >= 0.3 is 0 Å². The Morgan fingerprint density at radius 2 is 1.45 bits per heavy atom. The molecule has 1 fully saturated rings. The minimum Gasteiger partial charge on any atom is -0.502 e. The van der Waals surface area contributed by atoms with Crippen molar-refractivity contribution in [2.75, 3.05) is 55.4 Å². The van der Waals surface area contributed by atoms with Crippen LogP contribution in [0.15, 0.2) is 18.2 Å². The van der Waals surface area contributed by atoms with Crippen LogP contribution in [-0.2, 0) is 15.9 Å². The van der Waals surface area contributed by atoms with Gasteiger partial charge in [0.25, 0.3) is 0 Å². The molecule has 40 heavy (non-hydrogen) atoms. The minimum absolute atomic E-state index is 0.0213. The average molecular weight is 567 g/mol. The first kappa shape index (κ1) is 30.0. The number of aliphatic hydroxyl groups is 4. The van der Waals surface area contributed by atoms with E-state index in [-0.39, 0.29) is 43.0 Å². The van der Waals surface area contributed by atoms with Gasteiger partial charge in [0.2, 0.25) is 11.5 Å². The number of aromatic hydroxyl groups is 1. The molecule has 1 heterocycles. The van der Waals surface area contributed by atoms with E-state index < -0.39 is 36.4 Å². The van der Waals surface area contributed by atoms with Crippen LogP contribution in [0.25, 0.3) is 0 Å². The molecular weight excluding hydrogens is 528 g/mol. The van der Waals surface area contributed by atoms with E-state index in [0.717, 1.165) is 5.56 Å². The molecule has 222 valence electrons. The van der Waals surface area contributed by atoms with E-state index in [1.807, 2.05) is 0 Å². The summed E-state index contributed by atoms with van der Waals surface area (Å²) >= 11 is 0. The normalized spacial score (nSPS) is 28.0. The summed E-state index contributed by atoms with van der Waals surface area (Å²) in [6.07, 6.45) is -4.95. The number of phenols is 1. The number of methoxy groups -OCH3 is 5. The second-order valence-corrected chi connectivity index (χ2v) is 9.86. The van der Waals surface area contributed by atoms with Crippen LogP contribution in [0.3, 0.4) is 0 Å². The average Bonchev–Trinajstić information content (AvgIpc) is 2.97. The molecule has 1 saturated heterocycles. The molecule has 12 nitrogen and oxygen atoms in total. The highest BCUT2D eigenvalue weighted by molar-refractivity contribution is 5.64. The van der Waals surface area contributed by atoms with E-state index in [2.05, 4.69) is 0 Å². The zero-order valence-corrected chi connectivity index (χ0v) is 23.2. The van der Waals surface area contributed by atoms with Gasteiger partial charge in [0.1, 0.15) is 18.3 Å². The van der Waals surface area contributed by atoms with Crippen LogP contribution < -0.4 is 23.7 Å². The van der Waals surface area contributed by atoms with Crippen molar-refractivity contribution in [3.8, 4) is 34.5 Å². The van der Waals surface area contributed by atoms with Crippen molar-refractivity contribution >= 4 is 0 Å². The third-order valence-electron chi connectivity index (χ3n) is 7.78. The largest absolute Gasteiger partial charge is 0.502 e. The van der Waals surface area contributed by atoms with Crippen molar-refractivity contribution in [3.63, 3.8) is 0 Å². The van der Waals surface area contributed by atoms with Crippen LogP contribution in [0.1, 0.15) is 22.6 Å². The van der Waals surface area contributed by atoms with Crippen molar-refractivity contribution in [2.45, 2.75) is 36.9 Å². The van der Waals surface area contributed by atoms with Crippen molar-refractivity contribution in [2.24, 2.45) is 11.8 Å². The highest BCUT2D eigenvalue weighted by Gasteiger charge is 2.44. The molecule has 2 aromatic carbocycles. The molecule has 0 radical (unpaired) electrons.